The van der Waals surface area contributed by atoms with E-state index >= 15 is 0 Å². The molecule has 0 atom stereocenters. The molecule has 0 unspecified atom stereocenters. The number of fused-ring (bicyclic) bond motifs is 2. The summed E-state index contributed by atoms with van der Waals surface area (Å²) in [6.07, 6.45) is 5.26. The Bertz CT molecular complexity index is 948. The standard InChI is InChI=1S/C10H12N2.C9H10N2.3C2H6/c1-3-9-4-5-10-11-8(2)6-12(10)7-9;1-6-3-4-8-9(5-6)11-7(2)10-8;3*1-2/h4-7H,3H2,1-2H3;3-5H,1-2H3,(H,10,11);3*1-2H3. The first-order chi connectivity index (χ1) is 14.0. The molecule has 4 rings (SSSR count). The van der Waals surface area contributed by atoms with Crippen LogP contribution in [0.15, 0.2) is 42.7 Å². The summed E-state index contributed by atoms with van der Waals surface area (Å²) in [5, 5.41) is 0. The highest BCUT2D eigenvalue weighted by atomic mass is 15.0. The molecule has 0 fully saturated rings. The monoisotopic (exact) mass is 396 g/mol. The number of hydrogen-bond acceptors (Lipinski definition) is 2. The zero-order chi connectivity index (χ0) is 22.4. The van der Waals surface area contributed by atoms with Gasteiger partial charge in [0.05, 0.1) is 16.7 Å². The Balaban J connectivity index is 0.000000432. The predicted octanol–water partition coefficient (Wildman–Crippen LogP) is 7.46. The van der Waals surface area contributed by atoms with Crippen molar-refractivity contribution in [1.82, 2.24) is 19.4 Å². The molecular formula is C25H40N4. The fourth-order valence-electron chi connectivity index (χ4n) is 2.62. The lowest BCUT2D eigenvalue weighted by molar-refractivity contribution is 1.07. The van der Waals surface area contributed by atoms with Gasteiger partial charge >= 0.3 is 0 Å². The van der Waals surface area contributed by atoms with Gasteiger partial charge in [0.25, 0.3) is 0 Å². The molecule has 0 saturated carbocycles. The van der Waals surface area contributed by atoms with Gasteiger partial charge in [0.1, 0.15) is 11.5 Å². The van der Waals surface area contributed by atoms with Gasteiger partial charge in [0.15, 0.2) is 0 Å². The average Bonchev–Trinajstić information content (AvgIpc) is 3.32. The van der Waals surface area contributed by atoms with Crippen LogP contribution in [0.5, 0.6) is 0 Å². The maximum Gasteiger partial charge on any atom is 0.136 e. The third-order valence-electron chi connectivity index (χ3n) is 3.80. The predicted molar refractivity (Wildman–Crippen MR) is 129 cm³/mol. The van der Waals surface area contributed by atoms with E-state index in [2.05, 4.69) is 69.9 Å². The first-order valence-corrected chi connectivity index (χ1v) is 10.9. The van der Waals surface area contributed by atoms with E-state index in [1.807, 2.05) is 61.5 Å². The number of aromatic nitrogens is 4. The van der Waals surface area contributed by atoms with Crippen molar-refractivity contribution in [3.63, 3.8) is 0 Å². The van der Waals surface area contributed by atoms with Crippen molar-refractivity contribution in [2.45, 2.75) is 75.7 Å². The Labute approximate surface area is 177 Å². The van der Waals surface area contributed by atoms with E-state index in [0.717, 1.165) is 34.6 Å². The SMILES string of the molecule is CC.CC.CC.CCc1ccc2nc(C)cn2c1.Cc1ccc2nc(C)[nH]c2c1. The van der Waals surface area contributed by atoms with Crippen molar-refractivity contribution in [1.29, 1.82) is 0 Å². The van der Waals surface area contributed by atoms with Crippen LogP contribution in [0.4, 0.5) is 0 Å². The van der Waals surface area contributed by atoms with Crippen molar-refractivity contribution in [3.05, 3.63) is 65.4 Å². The number of pyridine rings is 1. The molecule has 3 aromatic heterocycles. The maximum atomic E-state index is 4.35. The van der Waals surface area contributed by atoms with Gasteiger partial charge in [0.2, 0.25) is 0 Å². The molecule has 1 N–H and O–H groups in total. The van der Waals surface area contributed by atoms with E-state index in [4.69, 9.17) is 0 Å². The van der Waals surface area contributed by atoms with Gasteiger partial charge in [0, 0.05) is 12.4 Å². The smallest absolute Gasteiger partial charge is 0.136 e. The number of aromatic amines is 1. The highest BCUT2D eigenvalue weighted by molar-refractivity contribution is 5.75. The number of rotatable bonds is 1. The third kappa shape index (κ3) is 8.10. The van der Waals surface area contributed by atoms with E-state index in [1.165, 1.54) is 11.1 Å². The molecular weight excluding hydrogens is 356 g/mol. The molecule has 4 heteroatoms. The molecule has 0 aliphatic heterocycles. The number of H-pyrrole nitrogens is 1. The van der Waals surface area contributed by atoms with Gasteiger partial charge in [-0.1, -0.05) is 60.6 Å². The van der Waals surface area contributed by atoms with E-state index in [1.54, 1.807) is 0 Å². The largest absolute Gasteiger partial charge is 0.342 e. The van der Waals surface area contributed by atoms with Crippen LogP contribution < -0.4 is 0 Å². The van der Waals surface area contributed by atoms with Crippen molar-refractivity contribution >= 4 is 16.7 Å². The number of aryl methyl sites for hydroxylation is 4. The molecule has 0 aliphatic carbocycles. The highest BCUT2D eigenvalue weighted by Gasteiger charge is 1.97. The van der Waals surface area contributed by atoms with Gasteiger partial charge in [-0.3, -0.25) is 0 Å². The minimum absolute atomic E-state index is 0.977. The van der Waals surface area contributed by atoms with E-state index in [-0.39, 0.29) is 0 Å². The van der Waals surface area contributed by atoms with Crippen LogP contribution in [0.3, 0.4) is 0 Å². The molecule has 29 heavy (non-hydrogen) atoms. The van der Waals surface area contributed by atoms with Crippen LogP contribution in [-0.4, -0.2) is 19.4 Å². The summed E-state index contributed by atoms with van der Waals surface area (Å²) in [5.41, 5.74) is 6.89. The summed E-state index contributed by atoms with van der Waals surface area (Å²) in [4.78, 5) is 11.8. The van der Waals surface area contributed by atoms with E-state index < -0.39 is 0 Å². The van der Waals surface area contributed by atoms with Crippen LogP contribution in [0.1, 0.15) is 71.1 Å². The molecule has 160 valence electrons. The van der Waals surface area contributed by atoms with Crippen LogP contribution in [-0.2, 0) is 6.42 Å². The molecule has 3 heterocycles. The van der Waals surface area contributed by atoms with Crippen LogP contribution in [0.2, 0.25) is 0 Å². The number of imidazole rings is 2. The minimum atomic E-state index is 0.977. The fourth-order valence-corrected chi connectivity index (χ4v) is 2.62. The number of hydrogen-bond donors (Lipinski definition) is 1. The van der Waals surface area contributed by atoms with E-state index in [0.29, 0.717) is 0 Å². The lowest BCUT2D eigenvalue weighted by atomic mass is 10.2. The average molecular weight is 397 g/mol. The van der Waals surface area contributed by atoms with Gasteiger partial charge in [-0.25, -0.2) is 9.97 Å². The highest BCUT2D eigenvalue weighted by Crippen LogP contribution is 2.12. The molecule has 1 aromatic carbocycles. The second-order valence-corrected chi connectivity index (χ2v) is 5.88. The number of nitrogens with one attached hydrogen (secondary N) is 1. The second kappa shape index (κ2) is 14.4. The Morgan fingerprint density at radius 3 is 2.10 bits per heavy atom. The third-order valence-corrected chi connectivity index (χ3v) is 3.80. The summed E-state index contributed by atoms with van der Waals surface area (Å²) < 4.78 is 2.08. The van der Waals surface area contributed by atoms with E-state index in [9.17, 15) is 0 Å². The van der Waals surface area contributed by atoms with Crippen molar-refractivity contribution in [2.75, 3.05) is 0 Å². The minimum Gasteiger partial charge on any atom is -0.342 e. The zero-order valence-electron chi connectivity index (χ0n) is 20.1. The van der Waals surface area contributed by atoms with Crippen molar-refractivity contribution in [2.24, 2.45) is 0 Å². The van der Waals surface area contributed by atoms with Crippen molar-refractivity contribution < 1.29 is 0 Å². The number of nitrogens with zero attached hydrogens (tertiary/aromatic N) is 3. The normalized spacial score (nSPS) is 9.17. The Kier molecular flexibility index (Phi) is 13.1. The first-order valence-electron chi connectivity index (χ1n) is 10.9. The molecule has 0 amide bonds. The molecule has 0 spiro atoms. The second-order valence-electron chi connectivity index (χ2n) is 5.88. The van der Waals surface area contributed by atoms with Gasteiger partial charge in [-0.2, -0.15) is 0 Å². The van der Waals surface area contributed by atoms with Crippen LogP contribution >= 0.6 is 0 Å². The molecule has 4 aromatic rings. The summed E-state index contributed by atoms with van der Waals surface area (Å²) in [6.45, 7) is 20.2. The Hall–Kier alpha value is -2.62. The van der Waals surface area contributed by atoms with Gasteiger partial charge in [-0.15, -0.1) is 0 Å². The maximum absolute atomic E-state index is 4.35. The molecule has 4 nitrogen and oxygen atoms in total. The zero-order valence-corrected chi connectivity index (χ0v) is 20.1. The summed E-state index contributed by atoms with van der Waals surface area (Å²) in [5.74, 6) is 0.977. The summed E-state index contributed by atoms with van der Waals surface area (Å²) in [7, 11) is 0. The fraction of sp³-hybridized carbons (Fsp3) is 0.440. The van der Waals surface area contributed by atoms with Gasteiger partial charge in [-0.05, 0) is 56.5 Å². The molecule has 0 aliphatic rings. The summed E-state index contributed by atoms with van der Waals surface area (Å²) in [6, 6.07) is 10.4. The number of benzene rings is 1. The summed E-state index contributed by atoms with van der Waals surface area (Å²) >= 11 is 0. The Morgan fingerprint density at radius 1 is 0.828 bits per heavy atom. The quantitative estimate of drug-likeness (QED) is 0.363. The van der Waals surface area contributed by atoms with Gasteiger partial charge < -0.3 is 9.38 Å². The van der Waals surface area contributed by atoms with Crippen LogP contribution in [0.25, 0.3) is 16.7 Å². The lowest BCUT2D eigenvalue weighted by Crippen LogP contribution is -1.86. The van der Waals surface area contributed by atoms with Crippen LogP contribution in [0, 0.1) is 20.8 Å². The topological polar surface area (TPSA) is 46.0 Å². The lowest BCUT2D eigenvalue weighted by Gasteiger charge is -1.96. The first kappa shape index (κ1) is 26.4. The molecule has 0 radical (unpaired) electrons. The molecule has 0 saturated heterocycles. The van der Waals surface area contributed by atoms with Crippen molar-refractivity contribution in [3.8, 4) is 0 Å². The molecule has 0 bridgehead atoms. The Morgan fingerprint density at radius 2 is 1.48 bits per heavy atom.